The first-order valence-electron chi connectivity index (χ1n) is 10.4. The SMILES string of the molecule is NC(=O)c1c(F)ccc(OC(Cn2nnnc2NC(=O)O)c2nc(-c3ccc(C(F)(F)F)cc3)c(Br)o2)c1F. The highest BCUT2D eigenvalue weighted by molar-refractivity contribution is 9.10. The largest absolute Gasteiger partial charge is 0.476 e. The molecule has 0 radical (unpaired) electrons. The quantitative estimate of drug-likeness (QED) is 0.242. The van der Waals surface area contributed by atoms with Gasteiger partial charge in [0.2, 0.25) is 5.89 Å². The van der Waals surface area contributed by atoms with Crippen molar-refractivity contribution < 1.29 is 45.8 Å². The fraction of sp³-hybridized carbons (Fsp3) is 0.143. The van der Waals surface area contributed by atoms with Crippen LogP contribution in [0.4, 0.5) is 32.7 Å². The molecule has 1 atom stereocenters. The van der Waals surface area contributed by atoms with Crippen LogP contribution in [0.5, 0.6) is 5.75 Å². The van der Waals surface area contributed by atoms with E-state index in [1.807, 2.05) is 5.32 Å². The van der Waals surface area contributed by atoms with Gasteiger partial charge in [-0.25, -0.2) is 23.2 Å². The lowest BCUT2D eigenvalue weighted by atomic mass is 10.1. The summed E-state index contributed by atoms with van der Waals surface area (Å²) in [6, 6.07) is 5.51. The number of hydrogen-bond donors (Lipinski definition) is 3. The van der Waals surface area contributed by atoms with Gasteiger partial charge < -0.3 is 20.0 Å². The smallest absolute Gasteiger partial charge is 0.416 e. The number of carbonyl (C=O) groups excluding carboxylic acids is 1. The van der Waals surface area contributed by atoms with E-state index >= 15 is 0 Å². The number of ether oxygens (including phenoxy) is 1. The number of benzene rings is 2. The van der Waals surface area contributed by atoms with Gasteiger partial charge in [0.15, 0.2) is 22.3 Å². The third-order valence-corrected chi connectivity index (χ3v) is 5.56. The average Bonchev–Trinajstić information content (AvgIpc) is 3.45. The molecular weight excluding hydrogens is 605 g/mol. The first-order valence-corrected chi connectivity index (χ1v) is 11.2. The van der Waals surface area contributed by atoms with Gasteiger partial charge in [-0.15, -0.1) is 0 Å². The Morgan fingerprint density at radius 1 is 1.18 bits per heavy atom. The van der Waals surface area contributed by atoms with E-state index in [4.69, 9.17) is 20.0 Å². The molecule has 2 aromatic carbocycles. The van der Waals surface area contributed by atoms with Crippen LogP contribution in [-0.4, -0.2) is 42.3 Å². The van der Waals surface area contributed by atoms with Gasteiger partial charge in [-0.3, -0.25) is 10.1 Å². The molecule has 12 nitrogen and oxygen atoms in total. The minimum Gasteiger partial charge on any atom is -0.476 e. The standard InChI is InChI=1S/C21H13BrF5N7O5/c22-16-15(8-1-3-9(4-2-8)21(25,26)27)29-18(39-16)12(7-34-19(30-20(36)37)31-32-33-34)38-11-6-5-10(23)13(14(11)24)17(28)35/h1-6,12H,7H2,(H2,28,35)(H,36,37)(H,30,31,33). The number of primary amides is 1. The Hall–Kier alpha value is -4.61. The van der Waals surface area contributed by atoms with Crippen LogP contribution in [-0.2, 0) is 12.7 Å². The van der Waals surface area contributed by atoms with E-state index in [0.29, 0.717) is 0 Å². The van der Waals surface area contributed by atoms with E-state index in [0.717, 1.165) is 41.1 Å². The van der Waals surface area contributed by atoms with Crippen LogP contribution in [0, 0.1) is 11.6 Å². The van der Waals surface area contributed by atoms with Gasteiger partial charge >= 0.3 is 12.3 Å². The molecule has 4 aromatic rings. The molecule has 1 unspecified atom stereocenters. The third-order valence-electron chi connectivity index (χ3n) is 5.02. The minimum atomic E-state index is -4.57. The molecule has 2 aromatic heterocycles. The molecule has 0 aliphatic carbocycles. The molecule has 0 saturated carbocycles. The van der Waals surface area contributed by atoms with Crippen LogP contribution in [0.1, 0.15) is 27.9 Å². The number of nitrogens with one attached hydrogen (secondary N) is 1. The van der Waals surface area contributed by atoms with Gasteiger partial charge in [0.25, 0.3) is 11.9 Å². The summed E-state index contributed by atoms with van der Waals surface area (Å²) in [5.74, 6) is -5.45. The summed E-state index contributed by atoms with van der Waals surface area (Å²) in [5, 5.41) is 21.4. The number of alkyl halides is 3. The number of halogens is 6. The molecule has 4 rings (SSSR count). The zero-order valence-corrected chi connectivity index (χ0v) is 20.5. The van der Waals surface area contributed by atoms with Crippen LogP contribution in [0.15, 0.2) is 45.5 Å². The summed E-state index contributed by atoms with van der Waals surface area (Å²) in [5.41, 5.74) is 3.30. The van der Waals surface area contributed by atoms with Gasteiger partial charge in [0, 0.05) is 5.56 Å². The number of aromatic nitrogens is 5. The Kier molecular flexibility index (Phi) is 7.48. The van der Waals surface area contributed by atoms with Crippen molar-refractivity contribution in [2.75, 3.05) is 5.32 Å². The monoisotopic (exact) mass is 617 g/mol. The number of hydrogen-bond acceptors (Lipinski definition) is 8. The lowest BCUT2D eigenvalue weighted by molar-refractivity contribution is -0.137. The number of oxazole rings is 1. The number of tetrazole rings is 1. The topological polar surface area (TPSA) is 171 Å². The number of rotatable bonds is 8. The van der Waals surface area contributed by atoms with Crippen LogP contribution in [0.3, 0.4) is 0 Å². The maximum Gasteiger partial charge on any atom is 0.416 e. The predicted octanol–water partition coefficient (Wildman–Crippen LogP) is 4.40. The fourth-order valence-electron chi connectivity index (χ4n) is 3.29. The second-order valence-electron chi connectivity index (χ2n) is 7.57. The molecule has 0 spiro atoms. The molecule has 0 saturated heterocycles. The van der Waals surface area contributed by atoms with Crippen LogP contribution < -0.4 is 15.8 Å². The molecule has 204 valence electrons. The second kappa shape index (κ2) is 10.6. The van der Waals surface area contributed by atoms with Gasteiger partial charge in [-0.2, -0.15) is 13.2 Å². The Morgan fingerprint density at radius 2 is 1.87 bits per heavy atom. The van der Waals surface area contributed by atoms with Crippen molar-refractivity contribution in [3.8, 4) is 17.0 Å². The van der Waals surface area contributed by atoms with E-state index in [9.17, 15) is 31.5 Å². The van der Waals surface area contributed by atoms with Crippen molar-refractivity contribution in [3.05, 3.63) is 69.7 Å². The summed E-state index contributed by atoms with van der Waals surface area (Å²) in [7, 11) is 0. The summed E-state index contributed by atoms with van der Waals surface area (Å²) in [4.78, 5) is 26.8. The predicted molar refractivity (Wildman–Crippen MR) is 122 cm³/mol. The molecular formula is C21H13BrF5N7O5. The zero-order chi connectivity index (χ0) is 28.5. The van der Waals surface area contributed by atoms with Gasteiger partial charge in [0.1, 0.15) is 17.1 Å². The Labute approximate surface area is 221 Å². The zero-order valence-electron chi connectivity index (χ0n) is 18.9. The normalized spacial score (nSPS) is 12.3. The van der Waals surface area contributed by atoms with Gasteiger partial charge in [-0.05, 0) is 50.6 Å². The van der Waals surface area contributed by atoms with Gasteiger partial charge in [-0.1, -0.05) is 17.2 Å². The average molecular weight is 618 g/mol. The number of nitrogens with zero attached hydrogens (tertiary/aromatic N) is 5. The molecule has 0 aliphatic heterocycles. The third kappa shape index (κ3) is 5.95. The van der Waals surface area contributed by atoms with Gasteiger partial charge in [0.05, 0.1) is 12.1 Å². The van der Waals surface area contributed by atoms with Crippen LogP contribution in [0.25, 0.3) is 11.3 Å². The second-order valence-corrected chi connectivity index (χ2v) is 8.29. The Morgan fingerprint density at radius 3 is 2.49 bits per heavy atom. The lowest BCUT2D eigenvalue weighted by Gasteiger charge is -2.18. The van der Waals surface area contributed by atoms with E-state index in [-0.39, 0.29) is 27.8 Å². The lowest BCUT2D eigenvalue weighted by Crippen LogP contribution is -2.21. The molecule has 18 heteroatoms. The number of nitrogens with two attached hydrogens (primary N) is 1. The number of amides is 2. The Bertz CT molecular complexity index is 1540. The maximum absolute atomic E-state index is 14.9. The minimum absolute atomic E-state index is 0.0327. The highest BCUT2D eigenvalue weighted by Crippen LogP contribution is 2.36. The molecule has 0 aliphatic rings. The van der Waals surface area contributed by atoms with E-state index in [1.165, 1.54) is 0 Å². The number of anilines is 1. The van der Waals surface area contributed by atoms with Crippen molar-refractivity contribution >= 4 is 33.9 Å². The maximum atomic E-state index is 14.9. The number of carboxylic acid groups (broad SMARTS) is 1. The highest BCUT2D eigenvalue weighted by atomic mass is 79.9. The molecule has 0 fully saturated rings. The van der Waals surface area contributed by atoms with Crippen molar-refractivity contribution in [2.24, 2.45) is 5.73 Å². The van der Waals surface area contributed by atoms with Crippen molar-refractivity contribution in [2.45, 2.75) is 18.8 Å². The molecule has 0 bridgehead atoms. The van der Waals surface area contributed by atoms with Crippen LogP contribution >= 0.6 is 15.9 Å². The summed E-state index contributed by atoms with van der Waals surface area (Å²) < 4.78 is 79.7. The highest BCUT2D eigenvalue weighted by Gasteiger charge is 2.31. The molecule has 39 heavy (non-hydrogen) atoms. The first kappa shape index (κ1) is 27.4. The summed E-state index contributed by atoms with van der Waals surface area (Å²) in [6.07, 6.45) is -7.55. The molecule has 2 amide bonds. The number of carbonyl (C=O) groups is 2. The fourth-order valence-corrected chi connectivity index (χ4v) is 3.77. The van der Waals surface area contributed by atoms with Crippen molar-refractivity contribution in [3.63, 3.8) is 0 Å². The van der Waals surface area contributed by atoms with E-state index < -0.39 is 59.3 Å². The van der Waals surface area contributed by atoms with Crippen molar-refractivity contribution in [1.29, 1.82) is 0 Å². The van der Waals surface area contributed by atoms with E-state index in [2.05, 4.69) is 36.4 Å². The van der Waals surface area contributed by atoms with E-state index in [1.54, 1.807) is 0 Å². The first-order chi connectivity index (χ1) is 18.3. The van der Waals surface area contributed by atoms with Crippen molar-refractivity contribution in [1.82, 2.24) is 25.2 Å². The molecule has 2 heterocycles. The van der Waals surface area contributed by atoms with Crippen LogP contribution in [0.2, 0.25) is 0 Å². The molecule has 4 N–H and O–H groups in total. The summed E-state index contributed by atoms with van der Waals surface area (Å²) in [6.45, 7) is -0.481. The Balaban J connectivity index is 1.75. The summed E-state index contributed by atoms with van der Waals surface area (Å²) >= 11 is 3.12.